The molecular formula is C13H11FN2O2. The molecule has 0 amide bonds. The Morgan fingerprint density at radius 2 is 1.89 bits per heavy atom. The second-order valence-electron chi connectivity index (χ2n) is 3.72. The largest absolute Gasteiger partial charge is 0.478 e. The molecule has 0 aliphatic rings. The number of nitrogen functional groups attached to an aromatic ring is 1. The molecule has 0 saturated carbocycles. The fourth-order valence-electron chi connectivity index (χ4n) is 1.54. The Bertz CT molecular complexity index is 585. The highest BCUT2D eigenvalue weighted by Gasteiger charge is 2.13. The van der Waals surface area contributed by atoms with Gasteiger partial charge in [-0.3, -0.25) is 0 Å². The van der Waals surface area contributed by atoms with E-state index < -0.39 is 17.3 Å². The van der Waals surface area contributed by atoms with Crippen molar-refractivity contribution in [1.29, 1.82) is 0 Å². The van der Waals surface area contributed by atoms with Gasteiger partial charge in [-0.25, -0.2) is 9.18 Å². The molecule has 2 aromatic carbocycles. The number of carboxylic acid groups (broad SMARTS) is 1. The third-order valence-electron chi connectivity index (χ3n) is 2.42. The van der Waals surface area contributed by atoms with Crippen molar-refractivity contribution < 1.29 is 14.3 Å². The number of aromatic carboxylic acids is 1. The zero-order chi connectivity index (χ0) is 13.1. The fourth-order valence-corrected chi connectivity index (χ4v) is 1.54. The quantitative estimate of drug-likeness (QED) is 0.728. The lowest BCUT2D eigenvalue weighted by atomic mass is 10.1. The lowest BCUT2D eigenvalue weighted by molar-refractivity contribution is 0.0692. The van der Waals surface area contributed by atoms with Crippen LogP contribution in [-0.2, 0) is 0 Å². The standard InChI is InChI=1S/C13H11FN2O2/c14-10-7-12(11(15)6-9(10)13(17)18)16-8-4-2-1-3-5-8/h1-7,16H,15H2,(H,17,18). The van der Waals surface area contributed by atoms with Gasteiger partial charge in [0.25, 0.3) is 0 Å². The van der Waals surface area contributed by atoms with Crippen LogP contribution in [0.4, 0.5) is 21.5 Å². The Morgan fingerprint density at radius 3 is 2.50 bits per heavy atom. The highest BCUT2D eigenvalue weighted by atomic mass is 19.1. The third kappa shape index (κ3) is 2.40. The molecule has 0 saturated heterocycles. The van der Waals surface area contributed by atoms with Crippen molar-refractivity contribution in [1.82, 2.24) is 0 Å². The number of halogens is 1. The molecule has 0 heterocycles. The molecule has 0 atom stereocenters. The summed E-state index contributed by atoms with van der Waals surface area (Å²) in [6.45, 7) is 0. The Kier molecular flexibility index (Phi) is 3.14. The van der Waals surface area contributed by atoms with E-state index in [1.54, 1.807) is 12.1 Å². The minimum Gasteiger partial charge on any atom is -0.478 e. The SMILES string of the molecule is Nc1cc(C(=O)O)c(F)cc1Nc1ccccc1. The number of carbonyl (C=O) groups is 1. The van der Waals surface area contributed by atoms with E-state index in [2.05, 4.69) is 5.32 Å². The summed E-state index contributed by atoms with van der Waals surface area (Å²) in [5.41, 5.74) is 6.50. The summed E-state index contributed by atoms with van der Waals surface area (Å²) in [6, 6.07) is 11.3. The second-order valence-corrected chi connectivity index (χ2v) is 3.72. The van der Waals surface area contributed by atoms with E-state index in [0.29, 0.717) is 5.69 Å². The first-order valence-electron chi connectivity index (χ1n) is 5.22. The van der Waals surface area contributed by atoms with Gasteiger partial charge >= 0.3 is 5.97 Å². The Morgan fingerprint density at radius 1 is 1.22 bits per heavy atom. The van der Waals surface area contributed by atoms with Gasteiger partial charge in [0.1, 0.15) is 5.82 Å². The first-order chi connectivity index (χ1) is 8.58. The predicted molar refractivity (Wildman–Crippen MR) is 67.5 cm³/mol. The van der Waals surface area contributed by atoms with Gasteiger partial charge in [0, 0.05) is 11.8 Å². The van der Waals surface area contributed by atoms with Crippen LogP contribution in [0.3, 0.4) is 0 Å². The van der Waals surface area contributed by atoms with Crippen LogP contribution >= 0.6 is 0 Å². The topological polar surface area (TPSA) is 75.4 Å². The highest BCUT2D eigenvalue weighted by Crippen LogP contribution is 2.26. The molecule has 0 aliphatic heterocycles. The Hall–Kier alpha value is -2.56. The van der Waals surface area contributed by atoms with Crippen LogP contribution < -0.4 is 11.1 Å². The van der Waals surface area contributed by atoms with Crippen molar-refractivity contribution >= 4 is 23.0 Å². The van der Waals surface area contributed by atoms with E-state index in [4.69, 9.17) is 10.8 Å². The molecule has 2 rings (SSSR count). The van der Waals surface area contributed by atoms with Gasteiger partial charge in [-0.05, 0) is 18.2 Å². The minimum absolute atomic E-state index is 0.178. The van der Waals surface area contributed by atoms with E-state index in [-0.39, 0.29) is 5.69 Å². The van der Waals surface area contributed by atoms with Gasteiger partial charge < -0.3 is 16.2 Å². The lowest BCUT2D eigenvalue weighted by Crippen LogP contribution is -2.04. The summed E-state index contributed by atoms with van der Waals surface area (Å²) >= 11 is 0. The molecule has 4 N–H and O–H groups in total. The van der Waals surface area contributed by atoms with Crippen LogP contribution in [0.1, 0.15) is 10.4 Å². The number of para-hydroxylation sites is 1. The number of benzene rings is 2. The molecule has 4 nitrogen and oxygen atoms in total. The molecule has 0 spiro atoms. The van der Waals surface area contributed by atoms with E-state index in [1.807, 2.05) is 18.2 Å². The number of anilines is 3. The number of hydrogen-bond donors (Lipinski definition) is 3. The molecule has 0 aliphatic carbocycles. The first kappa shape index (κ1) is 11.9. The summed E-state index contributed by atoms with van der Waals surface area (Å²) in [7, 11) is 0. The molecule has 0 bridgehead atoms. The number of carboxylic acids is 1. The van der Waals surface area contributed by atoms with E-state index >= 15 is 0 Å². The summed E-state index contributed by atoms with van der Waals surface area (Å²) in [6.07, 6.45) is 0. The molecule has 92 valence electrons. The zero-order valence-corrected chi connectivity index (χ0v) is 9.35. The van der Waals surface area contributed by atoms with Crippen molar-refractivity contribution in [3.63, 3.8) is 0 Å². The van der Waals surface area contributed by atoms with Crippen molar-refractivity contribution in [2.75, 3.05) is 11.1 Å². The molecule has 0 radical (unpaired) electrons. The van der Waals surface area contributed by atoms with Gasteiger partial charge in [-0.1, -0.05) is 18.2 Å². The number of hydrogen-bond acceptors (Lipinski definition) is 3. The molecule has 18 heavy (non-hydrogen) atoms. The number of rotatable bonds is 3. The van der Waals surface area contributed by atoms with Gasteiger partial charge in [0.15, 0.2) is 0 Å². The summed E-state index contributed by atoms with van der Waals surface area (Å²) < 4.78 is 13.5. The van der Waals surface area contributed by atoms with Crippen LogP contribution in [0.15, 0.2) is 42.5 Å². The maximum absolute atomic E-state index is 13.5. The monoisotopic (exact) mass is 246 g/mol. The maximum atomic E-state index is 13.5. The van der Waals surface area contributed by atoms with Crippen LogP contribution in [0.25, 0.3) is 0 Å². The lowest BCUT2D eigenvalue weighted by Gasteiger charge is -2.10. The molecule has 5 heteroatoms. The van der Waals surface area contributed by atoms with Gasteiger partial charge in [-0.15, -0.1) is 0 Å². The third-order valence-corrected chi connectivity index (χ3v) is 2.42. The van der Waals surface area contributed by atoms with Crippen LogP contribution in [-0.4, -0.2) is 11.1 Å². The van der Waals surface area contributed by atoms with E-state index in [1.165, 1.54) is 0 Å². The first-order valence-corrected chi connectivity index (χ1v) is 5.22. The summed E-state index contributed by atoms with van der Waals surface area (Å²) in [5, 5.41) is 11.7. The van der Waals surface area contributed by atoms with Gasteiger partial charge in [-0.2, -0.15) is 0 Å². The maximum Gasteiger partial charge on any atom is 0.338 e. The fraction of sp³-hybridized carbons (Fsp3) is 0. The zero-order valence-electron chi connectivity index (χ0n) is 9.35. The van der Waals surface area contributed by atoms with E-state index in [9.17, 15) is 9.18 Å². The van der Waals surface area contributed by atoms with Crippen LogP contribution in [0.5, 0.6) is 0 Å². The van der Waals surface area contributed by atoms with Gasteiger partial charge in [0.2, 0.25) is 0 Å². The summed E-state index contributed by atoms with van der Waals surface area (Å²) in [4.78, 5) is 10.7. The predicted octanol–water partition coefficient (Wildman–Crippen LogP) is 2.85. The molecule has 2 aromatic rings. The smallest absolute Gasteiger partial charge is 0.338 e. The van der Waals surface area contributed by atoms with E-state index in [0.717, 1.165) is 17.8 Å². The van der Waals surface area contributed by atoms with Gasteiger partial charge in [0.05, 0.1) is 16.9 Å². The normalized spacial score (nSPS) is 10.1. The molecule has 0 fully saturated rings. The van der Waals surface area contributed by atoms with Crippen molar-refractivity contribution in [2.24, 2.45) is 0 Å². The Labute approximate surface area is 103 Å². The number of nitrogens with two attached hydrogens (primary N) is 1. The second kappa shape index (κ2) is 4.75. The van der Waals surface area contributed by atoms with Crippen molar-refractivity contribution in [2.45, 2.75) is 0 Å². The average molecular weight is 246 g/mol. The van der Waals surface area contributed by atoms with Crippen LogP contribution in [0, 0.1) is 5.82 Å². The van der Waals surface area contributed by atoms with Crippen molar-refractivity contribution in [3.8, 4) is 0 Å². The Balaban J connectivity index is 2.35. The van der Waals surface area contributed by atoms with Crippen LogP contribution in [0.2, 0.25) is 0 Å². The highest BCUT2D eigenvalue weighted by molar-refractivity contribution is 5.91. The minimum atomic E-state index is -1.34. The molecule has 0 unspecified atom stereocenters. The van der Waals surface area contributed by atoms with Crippen molar-refractivity contribution in [3.05, 3.63) is 53.8 Å². The molecule has 0 aromatic heterocycles. The summed E-state index contributed by atoms with van der Waals surface area (Å²) in [5.74, 6) is -2.17. The molecular weight excluding hydrogens is 235 g/mol. The number of nitrogens with one attached hydrogen (secondary N) is 1. The average Bonchev–Trinajstić information content (AvgIpc) is 2.34.